The fourth-order valence-corrected chi connectivity index (χ4v) is 4.34. The van der Waals surface area contributed by atoms with Gasteiger partial charge >= 0.3 is 0 Å². The van der Waals surface area contributed by atoms with E-state index in [2.05, 4.69) is 21.8 Å². The van der Waals surface area contributed by atoms with Crippen LogP contribution in [0.5, 0.6) is 0 Å². The van der Waals surface area contributed by atoms with Crippen LogP contribution in [-0.4, -0.2) is 27.6 Å². The van der Waals surface area contributed by atoms with Crippen LogP contribution in [0, 0.1) is 23.1 Å². The van der Waals surface area contributed by atoms with Crippen LogP contribution in [0.3, 0.4) is 0 Å². The van der Waals surface area contributed by atoms with E-state index >= 15 is 0 Å². The molecule has 32 heavy (non-hydrogen) atoms. The van der Waals surface area contributed by atoms with Gasteiger partial charge in [0, 0.05) is 30.3 Å². The van der Waals surface area contributed by atoms with Gasteiger partial charge in [0.05, 0.1) is 18.0 Å². The lowest BCUT2D eigenvalue weighted by Gasteiger charge is -2.39. The number of nitrogens with two attached hydrogens (primary N) is 1. The molecule has 168 valence electrons. The second kappa shape index (κ2) is 9.09. The summed E-state index contributed by atoms with van der Waals surface area (Å²) < 4.78 is 15.5. The zero-order valence-electron chi connectivity index (χ0n) is 17.8. The van der Waals surface area contributed by atoms with Gasteiger partial charge in [-0.1, -0.05) is 18.2 Å². The number of aromatic nitrogens is 2. The average Bonchev–Trinajstić information content (AvgIpc) is 3.54. The molecule has 2 amide bonds. The number of benzene rings is 1. The van der Waals surface area contributed by atoms with E-state index in [-0.39, 0.29) is 41.5 Å². The topological polar surface area (TPSA) is 126 Å². The largest absolute Gasteiger partial charge is 0.365 e. The molecule has 4 rings (SSSR count). The van der Waals surface area contributed by atoms with Gasteiger partial charge in [0.25, 0.3) is 5.91 Å². The minimum atomic E-state index is -0.672. The Balaban J connectivity index is 1.47. The minimum Gasteiger partial charge on any atom is -0.365 e. The molecule has 0 unspecified atom stereocenters. The first-order valence-corrected chi connectivity index (χ1v) is 11.0. The van der Waals surface area contributed by atoms with Crippen LogP contribution in [0.2, 0.25) is 0 Å². The number of amides is 2. The molecule has 9 heteroatoms. The minimum absolute atomic E-state index is 0.0371. The highest BCUT2D eigenvalue weighted by atomic mass is 19.1. The van der Waals surface area contributed by atoms with Crippen molar-refractivity contribution < 1.29 is 14.0 Å². The monoisotopic (exact) mass is 438 g/mol. The van der Waals surface area contributed by atoms with Gasteiger partial charge in [0.15, 0.2) is 5.82 Å². The van der Waals surface area contributed by atoms with Crippen molar-refractivity contribution in [2.24, 2.45) is 11.7 Å². The van der Waals surface area contributed by atoms with Crippen molar-refractivity contribution in [1.82, 2.24) is 15.1 Å². The summed E-state index contributed by atoms with van der Waals surface area (Å²) in [5.74, 6) is -0.940. The maximum absolute atomic E-state index is 13.9. The van der Waals surface area contributed by atoms with Gasteiger partial charge in [-0.15, -0.1) is 0 Å². The van der Waals surface area contributed by atoms with E-state index < -0.39 is 11.4 Å². The van der Waals surface area contributed by atoms with Crippen LogP contribution in [0.4, 0.5) is 10.2 Å². The molecule has 2 aromatic rings. The van der Waals surface area contributed by atoms with Crippen molar-refractivity contribution in [3.8, 4) is 6.07 Å². The van der Waals surface area contributed by atoms with Gasteiger partial charge < -0.3 is 16.4 Å². The Morgan fingerprint density at radius 3 is 2.59 bits per heavy atom. The highest BCUT2D eigenvalue weighted by molar-refractivity contribution is 6.02. The fraction of sp³-hybridized carbons (Fsp3) is 0.478. The normalized spacial score (nSPS) is 22.8. The van der Waals surface area contributed by atoms with Crippen LogP contribution in [0.25, 0.3) is 0 Å². The molecular weight excluding hydrogens is 411 g/mol. The summed E-state index contributed by atoms with van der Waals surface area (Å²) in [6, 6.07) is 9.12. The third-order valence-corrected chi connectivity index (χ3v) is 6.52. The summed E-state index contributed by atoms with van der Waals surface area (Å²) in [6.07, 6.45) is 6.29. The maximum atomic E-state index is 13.9. The van der Waals surface area contributed by atoms with Gasteiger partial charge in [0.2, 0.25) is 5.91 Å². The van der Waals surface area contributed by atoms with Crippen molar-refractivity contribution in [2.75, 3.05) is 5.32 Å². The summed E-state index contributed by atoms with van der Waals surface area (Å²) in [5, 5.41) is 20.1. The third kappa shape index (κ3) is 4.65. The Kier molecular flexibility index (Phi) is 6.24. The molecule has 0 aliphatic heterocycles. The molecule has 0 saturated heterocycles. The van der Waals surface area contributed by atoms with Crippen LogP contribution in [0.15, 0.2) is 30.5 Å². The second-order valence-electron chi connectivity index (χ2n) is 8.77. The molecule has 0 bridgehead atoms. The summed E-state index contributed by atoms with van der Waals surface area (Å²) in [5.41, 5.74) is 5.71. The number of carbonyl (C=O) groups is 2. The molecule has 2 aliphatic rings. The first-order chi connectivity index (χ1) is 15.4. The predicted molar refractivity (Wildman–Crippen MR) is 116 cm³/mol. The number of nitrogens with zero attached hydrogens (tertiary/aromatic N) is 3. The molecule has 8 nitrogen and oxygen atoms in total. The molecule has 0 radical (unpaired) electrons. The first kappa shape index (κ1) is 22.0. The van der Waals surface area contributed by atoms with Crippen LogP contribution in [-0.2, 0) is 16.9 Å². The van der Waals surface area contributed by atoms with E-state index in [0.717, 1.165) is 25.7 Å². The average molecular weight is 439 g/mol. The van der Waals surface area contributed by atoms with Crippen LogP contribution >= 0.6 is 0 Å². The third-order valence-electron chi connectivity index (χ3n) is 6.52. The number of hydrogen-bond acceptors (Lipinski definition) is 5. The number of hydrogen-bond donors (Lipinski definition) is 3. The van der Waals surface area contributed by atoms with Crippen molar-refractivity contribution in [1.29, 1.82) is 5.26 Å². The van der Waals surface area contributed by atoms with E-state index in [1.165, 1.54) is 6.07 Å². The van der Waals surface area contributed by atoms with E-state index in [0.29, 0.717) is 24.9 Å². The Bertz CT molecular complexity index is 1050. The number of nitrogens with one attached hydrogen (secondary N) is 2. The van der Waals surface area contributed by atoms with E-state index in [9.17, 15) is 19.2 Å². The van der Waals surface area contributed by atoms with Gasteiger partial charge in [-0.05, 0) is 44.6 Å². The molecule has 4 N–H and O–H groups in total. The molecule has 0 spiro atoms. The van der Waals surface area contributed by atoms with Gasteiger partial charge in [0.1, 0.15) is 11.4 Å². The smallest absolute Gasteiger partial charge is 0.254 e. The number of carbonyl (C=O) groups excluding carboxylic acids is 2. The predicted octanol–water partition coefficient (Wildman–Crippen LogP) is 2.81. The SMILES string of the molecule is N#CC[C@]1(n2cc(C(N)=O)c(NC(=O)C3CC3)n2)CC[C@@H](NCc2ccccc2F)CC1. The fourth-order valence-electron chi connectivity index (χ4n) is 4.34. The van der Waals surface area contributed by atoms with E-state index in [4.69, 9.17) is 5.73 Å². The number of halogens is 1. The summed E-state index contributed by atoms with van der Waals surface area (Å²) in [7, 11) is 0. The van der Waals surface area contributed by atoms with Gasteiger partial charge in [-0.2, -0.15) is 10.4 Å². The van der Waals surface area contributed by atoms with Gasteiger partial charge in [-0.25, -0.2) is 4.39 Å². The first-order valence-electron chi connectivity index (χ1n) is 11.0. The van der Waals surface area contributed by atoms with Crippen LogP contribution < -0.4 is 16.4 Å². The Morgan fingerprint density at radius 2 is 1.97 bits per heavy atom. The quantitative estimate of drug-likeness (QED) is 0.584. The number of primary amides is 1. The molecule has 2 aliphatic carbocycles. The number of rotatable bonds is 8. The Labute approximate surface area is 186 Å². The zero-order chi connectivity index (χ0) is 22.7. The molecule has 1 aromatic carbocycles. The Hall–Kier alpha value is -3.25. The second-order valence-corrected chi connectivity index (χ2v) is 8.77. The lowest BCUT2D eigenvalue weighted by molar-refractivity contribution is -0.117. The van der Waals surface area contributed by atoms with Crippen molar-refractivity contribution in [3.63, 3.8) is 0 Å². The molecule has 1 heterocycles. The summed E-state index contributed by atoms with van der Waals surface area (Å²) in [6.45, 7) is 0.438. The Morgan fingerprint density at radius 1 is 1.25 bits per heavy atom. The summed E-state index contributed by atoms with van der Waals surface area (Å²) >= 11 is 0. The van der Waals surface area contributed by atoms with Crippen molar-refractivity contribution >= 4 is 17.6 Å². The molecular formula is C23H27FN6O2. The standard InChI is InChI=1S/C23H27FN6O2/c24-19-4-2-1-3-16(19)13-27-17-7-9-23(10-8-17,11-12-25)30-14-18(20(26)31)21(29-30)28-22(32)15-5-6-15/h1-4,14-15,17,27H,5-11,13H2,(H2,26,31)(H,28,29,32)/t17-,23+. The molecule has 0 atom stereocenters. The van der Waals surface area contributed by atoms with Gasteiger partial charge in [-0.3, -0.25) is 14.3 Å². The highest BCUT2D eigenvalue weighted by Gasteiger charge is 2.39. The molecule has 2 saturated carbocycles. The van der Waals surface area contributed by atoms with Crippen molar-refractivity contribution in [2.45, 2.75) is 63.1 Å². The maximum Gasteiger partial charge on any atom is 0.254 e. The molecule has 2 fully saturated rings. The highest BCUT2D eigenvalue weighted by Crippen LogP contribution is 2.39. The number of anilines is 1. The van der Waals surface area contributed by atoms with E-state index in [1.54, 1.807) is 23.0 Å². The van der Waals surface area contributed by atoms with E-state index in [1.807, 2.05) is 6.07 Å². The lowest BCUT2D eigenvalue weighted by atomic mass is 9.77. The molecule has 1 aromatic heterocycles. The number of nitriles is 1. The lowest BCUT2D eigenvalue weighted by Crippen LogP contribution is -2.43. The van der Waals surface area contributed by atoms with Crippen molar-refractivity contribution in [3.05, 3.63) is 47.4 Å². The summed E-state index contributed by atoms with van der Waals surface area (Å²) in [4.78, 5) is 24.2. The van der Waals surface area contributed by atoms with Crippen LogP contribution in [0.1, 0.15) is 60.9 Å². The zero-order valence-corrected chi connectivity index (χ0v) is 17.8.